The number of hydrogen-bond acceptors (Lipinski definition) is 4. The van der Waals surface area contributed by atoms with Crippen LogP contribution >= 0.6 is 0 Å². The van der Waals surface area contributed by atoms with Crippen molar-refractivity contribution < 1.29 is 14.6 Å². The average Bonchev–Trinajstić information content (AvgIpc) is 3.11. The Hall–Kier alpha value is -2.34. The number of benzene rings is 1. The lowest BCUT2D eigenvalue weighted by Crippen LogP contribution is -2.41. The second-order valence-electron chi connectivity index (χ2n) is 6.98. The van der Waals surface area contributed by atoms with E-state index < -0.39 is 5.60 Å². The molecule has 0 bridgehead atoms. The number of rotatable bonds is 5. The van der Waals surface area contributed by atoms with Crippen molar-refractivity contribution in [2.24, 2.45) is 0 Å². The molecule has 6 nitrogen and oxygen atoms in total. The molecule has 1 aliphatic heterocycles. The van der Waals surface area contributed by atoms with Crippen molar-refractivity contribution in [1.82, 2.24) is 15.1 Å². The first-order chi connectivity index (χ1) is 11.9. The topological polar surface area (TPSA) is 78.5 Å². The molecule has 1 aromatic carbocycles. The molecule has 1 amide bonds. The highest BCUT2D eigenvalue weighted by Crippen LogP contribution is 2.24. The lowest BCUT2D eigenvalue weighted by Gasteiger charge is -2.23. The van der Waals surface area contributed by atoms with E-state index in [0.717, 1.165) is 28.3 Å². The van der Waals surface area contributed by atoms with Gasteiger partial charge in [-0.15, -0.1) is 0 Å². The van der Waals surface area contributed by atoms with Gasteiger partial charge in [-0.3, -0.25) is 9.89 Å². The number of ether oxygens (including phenoxy) is 1. The molecule has 2 N–H and O–H groups in total. The third-order valence-electron chi connectivity index (χ3n) is 4.79. The highest BCUT2D eigenvalue weighted by atomic mass is 16.5. The largest absolute Gasteiger partial charge is 0.491 e. The molecular formula is C19H25N3O3. The summed E-state index contributed by atoms with van der Waals surface area (Å²) in [6.45, 7) is 6.83. The molecule has 0 saturated carbocycles. The molecule has 1 atom stereocenters. The highest BCUT2D eigenvalue weighted by Gasteiger charge is 2.39. The van der Waals surface area contributed by atoms with Gasteiger partial charge in [-0.2, -0.15) is 5.10 Å². The maximum absolute atomic E-state index is 12.6. The number of carbonyl (C=O) groups is 1. The van der Waals surface area contributed by atoms with Gasteiger partial charge >= 0.3 is 0 Å². The lowest BCUT2D eigenvalue weighted by molar-refractivity contribution is -0.130. The molecule has 6 heteroatoms. The van der Waals surface area contributed by atoms with Crippen LogP contribution < -0.4 is 4.74 Å². The van der Waals surface area contributed by atoms with Crippen molar-refractivity contribution in [2.45, 2.75) is 39.2 Å². The summed E-state index contributed by atoms with van der Waals surface area (Å²) >= 11 is 0. The molecule has 2 heterocycles. The Morgan fingerprint density at radius 3 is 2.88 bits per heavy atom. The number of β-amino-alcohol motifs (C(OH)–C–C–N with tert-alkyl or cyclic N) is 1. The van der Waals surface area contributed by atoms with Gasteiger partial charge in [0.25, 0.3) is 0 Å². The van der Waals surface area contributed by atoms with E-state index in [1.165, 1.54) is 0 Å². The zero-order valence-corrected chi connectivity index (χ0v) is 15.0. The van der Waals surface area contributed by atoms with Crippen LogP contribution in [-0.4, -0.2) is 51.4 Å². The predicted octanol–water partition coefficient (Wildman–Crippen LogP) is 1.92. The Balaban J connectivity index is 1.57. The molecule has 2 aromatic rings. The highest BCUT2D eigenvalue weighted by molar-refractivity contribution is 5.79. The van der Waals surface area contributed by atoms with E-state index in [2.05, 4.69) is 10.2 Å². The van der Waals surface area contributed by atoms with Gasteiger partial charge in [0.05, 0.1) is 18.7 Å². The number of hydrogen-bond donors (Lipinski definition) is 2. The van der Waals surface area contributed by atoms with E-state index >= 15 is 0 Å². The Kier molecular flexibility index (Phi) is 4.81. The molecule has 1 aromatic heterocycles. The van der Waals surface area contributed by atoms with Crippen LogP contribution in [0.3, 0.4) is 0 Å². The fraction of sp³-hybridized carbons (Fsp3) is 0.474. The van der Waals surface area contributed by atoms with Crippen LogP contribution in [0.1, 0.15) is 28.9 Å². The van der Waals surface area contributed by atoms with Crippen molar-refractivity contribution in [3.8, 4) is 5.75 Å². The number of nitrogens with one attached hydrogen (secondary N) is 1. The van der Waals surface area contributed by atoms with E-state index in [-0.39, 0.29) is 12.5 Å². The maximum atomic E-state index is 12.6. The zero-order valence-electron chi connectivity index (χ0n) is 15.0. The number of H-pyrrole nitrogens is 1. The van der Waals surface area contributed by atoms with E-state index in [9.17, 15) is 9.90 Å². The molecule has 1 fully saturated rings. The molecule has 1 saturated heterocycles. The number of likely N-dealkylation sites (tertiary alicyclic amines) is 1. The van der Waals surface area contributed by atoms with Crippen molar-refractivity contribution in [2.75, 3.05) is 19.7 Å². The molecule has 1 aliphatic rings. The quantitative estimate of drug-likeness (QED) is 0.869. The van der Waals surface area contributed by atoms with Crippen LogP contribution in [0.2, 0.25) is 0 Å². The van der Waals surface area contributed by atoms with Crippen LogP contribution in [-0.2, 0) is 11.2 Å². The summed E-state index contributed by atoms with van der Waals surface area (Å²) in [5.41, 5.74) is 2.82. The molecule has 0 unspecified atom stereocenters. The van der Waals surface area contributed by atoms with Crippen LogP contribution in [0.25, 0.3) is 0 Å². The van der Waals surface area contributed by atoms with E-state index in [0.29, 0.717) is 25.9 Å². The summed E-state index contributed by atoms with van der Waals surface area (Å²) in [7, 11) is 0. The molecule has 0 aliphatic carbocycles. The van der Waals surface area contributed by atoms with Crippen LogP contribution in [0.5, 0.6) is 5.75 Å². The first-order valence-electron chi connectivity index (χ1n) is 8.56. The normalized spacial score (nSPS) is 20.1. The molecule has 3 rings (SSSR count). The minimum Gasteiger partial charge on any atom is -0.491 e. The lowest BCUT2D eigenvalue weighted by atomic mass is 10.1. The standard InChI is InChI=1S/C19H25N3O3/c1-13-5-4-6-16(9-13)25-12-19(24)7-8-22(11-19)18(23)10-17-14(2)20-21-15(17)3/h4-6,9,24H,7-8,10-12H2,1-3H3,(H,20,21)/t19-/m1/s1. The number of aliphatic hydroxyl groups is 1. The molecular weight excluding hydrogens is 318 g/mol. The number of nitrogens with zero attached hydrogens (tertiary/aromatic N) is 2. The minimum atomic E-state index is -1.00. The third-order valence-corrected chi connectivity index (χ3v) is 4.79. The summed E-state index contributed by atoms with van der Waals surface area (Å²) in [5, 5.41) is 17.8. The average molecular weight is 343 g/mol. The van der Waals surface area contributed by atoms with Crippen LogP contribution in [0, 0.1) is 20.8 Å². The van der Waals surface area contributed by atoms with Crippen molar-refractivity contribution >= 4 is 5.91 Å². The van der Waals surface area contributed by atoms with Gasteiger partial charge in [-0.1, -0.05) is 12.1 Å². The Bertz CT molecular complexity index is 752. The minimum absolute atomic E-state index is 0.0130. The van der Waals surface area contributed by atoms with E-state index in [4.69, 9.17) is 4.74 Å². The summed E-state index contributed by atoms with van der Waals surface area (Å²) < 4.78 is 5.74. The monoisotopic (exact) mass is 343 g/mol. The molecule has 25 heavy (non-hydrogen) atoms. The van der Waals surface area contributed by atoms with Crippen molar-refractivity contribution in [1.29, 1.82) is 0 Å². The van der Waals surface area contributed by atoms with Crippen LogP contribution in [0.4, 0.5) is 0 Å². The molecule has 0 radical (unpaired) electrons. The number of aryl methyl sites for hydroxylation is 3. The van der Waals surface area contributed by atoms with Gasteiger partial charge in [-0.25, -0.2) is 0 Å². The fourth-order valence-electron chi connectivity index (χ4n) is 3.21. The van der Waals surface area contributed by atoms with Gasteiger partial charge in [0, 0.05) is 17.8 Å². The molecule has 134 valence electrons. The van der Waals surface area contributed by atoms with Gasteiger partial charge < -0.3 is 14.7 Å². The summed E-state index contributed by atoms with van der Waals surface area (Å²) in [6, 6.07) is 7.73. The predicted molar refractivity (Wildman–Crippen MR) is 94.6 cm³/mol. The summed E-state index contributed by atoms with van der Waals surface area (Å²) in [4.78, 5) is 14.3. The maximum Gasteiger partial charge on any atom is 0.227 e. The summed E-state index contributed by atoms with van der Waals surface area (Å²) in [6.07, 6.45) is 0.830. The second kappa shape index (κ2) is 6.88. The third kappa shape index (κ3) is 4.02. The van der Waals surface area contributed by atoms with E-state index in [1.54, 1.807) is 4.90 Å². The number of aromatic amines is 1. The van der Waals surface area contributed by atoms with E-state index in [1.807, 2.05) is 45.0 Å². The van der Waals surface area contributed by atoms with Gasteiger partial charge in [0.1, 0.15) is 18.0 Å². The second-order valence-corrected chi connectivity index (χ2v) is 6.98. The van der Waals surface area contributed by atoms with Gasteiger partial charge in [0.2, 0.25) is 5.91 Å². The first kappa shape index (κ1) is 17.5. The number of amides is 1. The first-order valence-corrected chi connectivity index (χ1v) is 8.56. The Labute approximate surface area is 147 Å². The van der Waals surface area contributed by atoms with Crippen molar-refractivity contribution in [3.63, 3.8) is 0 Å². The number of carbonyl (C=O) groups excluding carboxylic acids is 1. The zero-order chi connectivity index (χ0) is 18.0. The smallest absolute Gasteiger partial charge is 0.227 e. The van der Waals surface area contributed by atoms with Gasteiger partial charge in [-0.05, 0) is 44.9 Å². The number of aromatic nitrogens is 2. The Morgan fingerprint density at radius 2 is 2.20 bits per heavy atom. The van der Waals surface area contributed by atoms with Crippen molar-refractivity contribution in [3.05, 3.63) is 46.8 Å². The summed E-state index contributed by atoms with van der Waals surface area (Å²) in [5.74, 6) is 0.752. The molecule has 0 spiro atoms. The fourth-order valence-corrected chi connectivity index (χ4v) is 3.21. The van der Waals surface area contributed by atoms with Crippen LogP contribution in [0.15, 0.2) is 24.3 Å². The van der Waals surface area contributed by atoms with Gasteiger partial charge in [0.15, 0.2) is 0 Å². The SMILES string of the molecule is Cc1cccc(OC[C@@]2(O)CCN(C(=O)Cc3c(C)n[nH]c3C)C2)c1. The Morgan fingerprint density at radius 1 is 1.40 bits per heavy atom.